The van der Waals surface area contributed by atoms with E-state index < -0.39 is 0 Å². The monoisotopic (exact) mass is 240 g/mol. The summed E-state index contributed by atoms with van der Waals surface area (Å²) in [6, 6.07) is -0.0308. The molecular weight excluding hydrogens is 224 g/mol. The Morgan fingerprint density at radius 3 is 3.12 bits per heavy atom. The molecule has 1 saturated heterocycles. The smallest absolute Gasteiger partial charge is 0.221 e. The number of anilines is 1. The molecule has 5 nitrogen and oxygen atoms in total. The van der Waals surface area contributed by atoms with E-state index in [2.05, 4.69) is 15.2 Å². The molecule has 0 saturated carbocycles. The predicted molar refractivity (Wildman–Crippen MR) is 64.6 cm³/mol. The molecule has 0 bridgehead atoms. The molecule has 0 spiro atoms. The zero-order chi connectivity index (χ0) is 11.5. The number of rotatable bonds is 2. The molecule has 1 aliphatic heterocycles. The van der Waals surface area contributed by atoms with Gasteiger partial charge in [-0.25, -0.2) is 4.98 Å². The van der Waals surface area contributed by atoms with Gasteiger partial charge in [0.05, 0.1) is 5.69 Å². The highest BCUT2D eigenvalue weighted by Gasteiger charge is 2.17. The van der Waals surface area contributed by atoms with Gasteiger partial charge < -0.3 is 16.0 Å². The Morgan fingerprint density at radius 1 is 1.62 bits per heavy atom. The van der Waals surface area contributed by atoms with Gasteiger partial charge in [0, 0.05) is 37.5 Å². The first-order valence-corrected chi connectivity index (χ1v) is 6.27. The molecule has 2 rings (SSSR count). The van der Waals surface area contributed by atoms with Gasteiger partial charge in [-0.1, -0.05) is 0 Å². The maximum Gasteiger partial charge on any atom is 0.221 e. The van der Waals surface area contributed by atoms with Crippen LogP contribution in [0.5, 0.6) is 0 Å². The average Bonchev–Trinajstić information content (AvgIpc) is 2.63. The number of hydrogen-bond donors (Lipinski definition) is 2. The highest BCUT2D eigenvalue weighted by atomic mass is 32.1. The highest BCUT2D eigenvalue weighted by Crippen LogP contribution is 2.23. The summed E-state index contributed by atoms with van der Waals surface area (Å²) < 4.78 is 0. The largest absolute Gasteiger partial charge is 0.354 e. The second kappa shape index (κ2) is 4.80. The van der Waals surface area contributed by atoms with Crippen LogP contribution in [-0.4, -0.2) is 30.5 Å². The molecule has 1 atom stereocenters. The van der Waals surface area contributed by atoms with Gasteiger partial charge in [0.15, 0.2) is 5.13 Å². The second-order valence-corrected chi connectivity index (χ2v) is 4.77. The number of aromatic nitrogens is 1. The van der Waals surface area contributed by atoms with Gasteiger partial charge in [0.1, 0.15) is 0 Å². The second-order valence-electron chi connectivity index (χ2n) is 3.93. The maximum atomic E-state index is 11.2. The zero-order valence-electron chi connectivity index (χ0n) is 9.27. The van der Waals surface area contributed by atoms with E-state index in [9.17, 15) is 4.79 Å². The Labute approximate surface area is 98.7 Å². The summed E-state index contributed by atoms with van der Waals surface area (Å²) in [5.74, 6) is 0.117. The van der Waals surface area contributed by atoms with Gasteiger partial charge in [-0.2, -0.15) is 0 Å². The first kappa shape index (κ1) is 11.3. The quantitative estimate of drug-likeness (QED) is 0.789. The predicted octanol–water partition coefficient (Wildman–Crippen LogP) is 0.489. The number of hydrogen-bond acceptors (Lipinski definition) is 5. The van der Waals surface area contributed by atoms with Crippen molar-refractivity contribution in [2.75, 3.05) is 24.5 Å². The summed E-state index contributed by atoms with van der Waals surface area (Å²) >= 11 is 1.59. The number of nitrogens with zero attached hydrogens (tertiary/aromatic N) is 2. The van der Waals surface area contributed by atoms with Gasteiger partial charge in [-0.3, -0.25) is 4.79 Å². The first-order chi connectivity index (χ1) is 7.66. The van der Waals surface area contributed by atoms with Gasteiger partial charge in [-0.05, 0) is 6.92 Å². The molecule has 16 heavy (non-hydrogen) atoms. The summed E-state index contributed by atoms with van der Waals surface area (Å²) in [6.45, 7) is 4.16. The molecule has 3 N–H and O–H groups in total. The van der Waals surface area contributed by atoms with Gasteiger partial charge >= 0.3 is 0 Å². The fourth-order valence-corrected chi connectivity index (χ4v) is 2.57. The van der Waals surface area contributed by atoms with Crippen LogP contribution in [0.15, 0.2) is 5.38 Å². The van der Waals surface area contributed by atoms with Crippen molar-refractivity contribution in [3.05, 3.63) is 11.1 Å². The number of thiazole rings is 1. The Hall–Kier alpha value is -1.14. The molecule has 1 aromatic heterocycles. The van der Waals surface area contributed by atoms with Crippen molar-refractivity contribution in [1.82, 2.24) is 10.3 Å². The molecule has 6 heteroatoms. The lowest BCUT2D eigenvalue weighted by Gasteiger charge is -2.17. The van der Waals surface area contributed by atoms with Gasteiger partial charge in [0.25, 0.3) is 0 Å². The van der Waals surface area contributed by atoms with Crippen molar-refractivity contribution >= 4 is 22.4 Å². The molecule has 0 aromatic carbocycles. The Balaban J connectivity index is 2.07. The standard InChI is InChI=1S/C10H16N4OS/c1-7(11)8-6-16-10(13-8)14-4-2-9(15)12-3-5-14/h6-7H,2-5,11H2,1H3,(H,12,15). The SMILES string of the molecule is CC(N)c1csc(N2CCNC(=O)CC2)n1. The molecule has 1 fully saturated rings. The Bertz CT molecular complexity index is 377. The fourth-order valence-electron chi connectivity index (χ4n) is 1.59. The zero-order valence-corrected chi connectivity index (χ0v) is 10.1. The van der Waals surface area contributed by atoms with Crippen LogP contribution in [0.4, 0.5) is 5.13 Å². The summed E-state index contributed by atoms with van der Waals surface area (Å²) in [5.41, 5.74) is 6.69. The van der Waals surface area contributed by atoms with Crippen LogP contribution < -0.4 is 16.0 Å². The molecular formula is C10H16N4OS. The highest BCUT2D eigenvalue weighted by molar-refractivity contribution is 7.13. The summed E-state index contributed by atoms with van der Waals surface area (Å²) in [4.78, 5) is 17.8. The minimum Gasteiger partial charge on any atom is -0.354 e. The van der Waals surface area contributed by atoms with Crippen LogP contribution in [0.25, 0.3) is 0 Å². The molecule has 1 unspecified atom stereocenters. The Morgan fingerprint density at radius 2 is 2.44 bits per heavy atom. The van der Waals surface area contributed by atoms with Crippen molar-refractivity contribution in [2.24, 2.45) is 5.73 Å². The van der Waals surface area contributed by atoms with Gasteiger partial charge in [-0.15, -0.1) is 11.3 Å². The molecule has 1 amide bonds. The normalized spacial score (nSPS) is 19.1. The van der Waals surface area contributed by atoms with Crippen LogP contribution in [0.1, 0.15) is 25.1 Å². The number of nitrogens with two attached hydrogens (primary N) is 1. The number of carbonyl (C=O) groups excluding carboxylic acids is 1. The number of amides is 1. The van der Waals surface area contributed by atoms with E-state index in [0.717, 1.165) is 23.9 Å². The van der Waals surface area contributed by atoms with E-state index in [1.165, 1.54) is 0 Å². The van der Waals surface area contributed by atoms with E-state index in [0.29, 0.717) is 13.0 Å². The lowest BCUT2D eigenvalue weighted by atomic mass is 10.3. The lowest BCUT2D eigenvalue weighted by Crippen LogP contribution is -2.28. The molecule has 88 valence electrons. The van der Waals surface area contributed by atoms with E-state index in [4.69, 9.17) is 5.73 Å². The molecule has 1 aliphatic rings. The van der Waals surface area contributed by atoms with Crippen LogP contribution in [0.3, 0.4) is 0 Å². The maximum absolute atomic E-state index is 11.2. The van der Waals surface area contributed by atoms with Gasteiger partial charge in [0.2, 0.25) is 5.91 Å². The van der Waals surface area contributed by atoms with Crippen molar-refractivity contribution in [2.45, 2.75) is 19.4 Å². The minimum absolute atomic E-state index is 0.0308. The number of carbonyl (C=O) groups is 1. The van der Waals surface area contributed by atoms with Crippen LogP contribution in [-0.2, 0) is 4.79 Å². The lowest BCUT2D eigenvalue weighted by molar-refractivity contribution is -0.120. The fraction of sp³-hybridized carbons (Fsp3) is 0.600. The van der Waals surface area contributed by atoms with Crippen LogP contribution >= 0.6 is 11.3 Å². The third-order valence-corrected chi connectivity index (χ3v) is 3.48. The Kier molecular flexibility index (Phi) is 3.40. The van der Waals surface area contributed by atoms with E-state index in [-0.39, 0.29) is 11.9 Å². The van der Waals surface area contributed by atoms with Crippen molar-refractivity contribution in [1.29, 1.82) is 0 Å². The minimum atomic E-state index is -0.0308. The van der Waals surface area contributed by atoms with Crippen LogP contribution in [0.2, 0.25) is 0 Å². The van der Waals surface area contributed by atoms with E-state index in [1.807, 2.05) is 12.3 Å². The molecule has 1 aromatic rings. The topological polar surface area (TPSA) is 71.2 Å². The first-order valence-electron chi connectivity index (χ1n) is 5.39. The van der Waals surface area contributed by atoms with Crippen molar-refractivity contribution < 1.29 is 4.79 Å². The third kappa shape index (κ3) is 2.51. The average molecular weight is 240 g/mol. The van der Waals surface area contributed by atoms with Crippen molar-refractivity contribution in [3.8, 4) is 0 Å². The molecule has 2 heterocycles. The third-order valence-electron chi connectivity index (χ3n) is 2.56. The van der Waals surface area contributed by atoms with E-state index >= 15 is 0 Å². The van der Waals surface area contributed by atoms with E-state index in [1.54, 1.807) is 11.3 Å². The summed E-state index contributed by atoms with van der Waals surface area (Å²) in [6.07, 6.45) is 0.535. The van der Waals surface area contributed by atoms with Crippen LogP contribution in [0, 0.1) is 0 Å². The molecule has 0 radical (unpaired) electrons. The summed E-state index contributed by atoms with van der Waals surface area (Å²) in [7, 11) is 0. The number of nitrogens with one attached hydrogen (secondary N) is 1. The summed E-state index contributed by atoms with van der Waals surface area (Å²) in [5, 5.41) is 5.79. The van der Waals surface area contributed by atoms with Crippen molar-refractivity contribution in [3.63, 3.8) is 0 Å². The molecule has 0 aliphatic carbocycles.